The molecular formula is C11H12N2O. The van der Waals surface area contributed by atoms with Crippen LogP contribution in [0, 0.1) is 13.8 Å². The van der Waals surface area contributed by atoms with Crippen molar-refractivity contribution in [3.05, 3.63) is 35.7 Å². The van der Waals surface area contributed by atoms with Gasteiger partial charge >= 0.3 is 0 Å². The van der Waals surface area contributed by atoms with Gasteiger partial charge in [0.25, 0.3) is 0 Å². The molecule has 1 aromatic carbocycles. The van der Waals surface area contributed by atoms with E-state index in [2.05, 4.69) is 10.2 Å². The minimum Gasteiger partial charge on any atom is -0.507 e. The molecule has 0 amide bonds. The van der Waals surface area contributed by atoms with Gasteiger partial charge in [-0.25, -0.2) is 0 Å². The van der Waals surface area contributed by atoms with E-state index in [4.69, 9.17) is 0 Å². The Labute approximate surface area is 82.4 Å². The van der Waals surface area contributed by atoms with Crippen molar-refractivity contribution < 1.29 is 5.11 Å². The number of rotatable bonds is 1. The Morgan fingerprint density at radius 1 is 1.21 bits per heavy atom. The first-order valence-electron chi connectivity index (χ1n) is 4.48. The molecule has 1 aromatic heterocycles. The fourth-order valence-electron chi connectivity index (χ4n) is 1.43. The van der Waals surface area contributed by atoms with E-state index >= 15 is 0 Å². The number of H-pyrrole nitrogens is 1. The maximum atomic E-state index is 9.75. The first-order valence-corrected chi connectivity index (χ1v) is 4.48. The third-order valence-corrected chi connectivity index (χ3v) is 2.42. The molecule has 0 bridgehead atoms. The minimum absolute atomic E-state index is 0.300. The second kappa shape index (κ2) is 3.18. The average Bonchev–Trinajstić information content (AvgIpc) is 2.64. The molecule has 0 radical (unpaired) electrons. The highest BCUT2D eigenvalue weighted by atomic mass is 16.3. The summed E-state index contributed by atoms with van der Waals surface area (Å²) >= 11 is 0. The van der Waals surface area contributed by atoms with Crippen LogP contribution in [0.25, 0.3) is 11.1 Å². The van der Waals surface area contributed by atoms with Crippen molar-refractivity contribution in [1.29, 1.82) is 0 Å². The van der Waals surface area contributed by atoms with Crippen LogP contribution < -0.4 is 0 Å². The van der Waals surface area contributed by atoms with Crippen molar-refractivity contribution >= 4 is 0 Å². The zero-order valence-corrected chi connectivity index (χ0v) is 8.20. The van der Waals surface area contributed by atoms with E-state index in [0.717, 1.165) is 16.7 Å². The summed E-state index contributed by atoms with van der Waals surface area (Å²) in [4.78, 5) is 0. The van der Waals surface area contributed by atoms with Crippen LogP contribution in [-0.2, 0) is 0 Å². The molecule has 2 aromatic rings. The van der Waals surface area contributed by atoms with Gasteiger partial charge in [0.15, 0.2) is 0 Å². The predicted octanol–water partition coefficient (Wildman–Crippen LogP) is 2.40. The molecular weight excluding hydrogens is 176 g/mol. The number of nitrogens with one attached hydrogen (secondary N) is 1. The third kappa shape index (κ3) is 1.37. The predicted molar refractivity (Wildman–Crippen MR) is 55.2 cm³/mol. The van der Waals surface area contributed by atoms with Crippen molar-refractivity contribution in [1.82, 2.24) is 10.2 Å². The Morgan fingerprint density at radius 2 is 1.93 bits per heavy atom. The van der Waals surface area contributed by atoms with Crippen LogP contribution in [0.15, 0.2) is 24.5 Å². The van der Waals surface area contributed by atoms with Crippen LogP contribution in [0.5, 0.6) is 5.75 Å². The second-order valence-corrected chi connectivity index (χ2v) is 3.44. The highest BCUT2D eigenvalue weighted by Crippen LogP contribution is 2.30. The number of aromatic nitrogens is 2. The van der Waals surface area contributed by atoms with Crippen LogP contribution >= 0.6 is 0 Å². The number of aromatic amines is 1. The van der Waals surface area contributed by atoms with Gasteiger partial charge in [-0.15, -0.1) is 0 Å². The van der Waals surface area contributed by atoms with Gasteiger partial charge in [0.05, 0.1) is 6.20 Å². The van der Waals surface area contributed by atoms with Crippen LogP contribution in [0.1, 0.15) is 11.1 Å². The Hall–Kier alpha value is -1.77. The van der Waals surface area contributed by atoms with Crippen molar-refractivity contribution in [3.8, 4) is 16.9 Å². The maximum absolute atomic E-state index is 9.75. The molecule has 2 rings (SSSR count). The lowest BCUT2D eigenvalue weighted by Crippen LogP contribution is -1.83. The van der Waals surface area contributed by atoms with E-state index in [1.54, 1.807) is 18.5 Å². The molecule has 0 saturated carbocycles. The van der Waals surface area contributed by atoms with Gasteiger partial charge in [-0.1, -0.05) is 0 Å². The molecule has 1 heterocycles. The smallest absolute Gasteiger partial charge is 0.123 e. The van der Waals surface area contributed by atoms with E-state index < -0.39 is 0 Å². The summed E-state index contributed by atoms with van der Waals surface area (Å²) in [6.07, 6.45) is 3.47. The summed E-state index contributed by atoms with van der Waals surface area (Å²) in [5.74, 6) is 0.300. The summed E-state index contributed by atoms with van der Waals surface area (Å²) in [6.45, 7) is 4.01. The SMILES string of the molecule is Cc1cc(O)c(-c2cn[nH]c2)cc1C. The Balaban J connectivity index is 2.60. The lowest BCUT2D eigenvalue weighted by atomic mass is 10.0. The fraction of sp³-hybridized carbons (Fsp3) is 0.182. The van der Waals surface area contributed by atoms with E-state index in [-0.39, 0.29) is 0 Å². The standard InChI is InChI=1S/C11H12N2O/c1-7-3-10(9-5-12-13-6-9)11(14)4-8(7)2/h3-6,14H,1-2H3,(H,12,13). The van der Waals surface area contributed by atoms with Crippen LogP contribution in [0.4, 0.5) is 0 Å². The topological polar surface area (TPSA) is 48.9 Å². The number of aryl methyl sites for hydroxylation is 2. The molecule has 0 aliphatic rings. The highest BCUT2D eigenvalue weighted by molar-refractivity contribution is 5.70. The summed E-state index contributed by atoms with van der Waals surface area (Å²) in [5, 5.41) is 16.3. The number of nitrogens with zero attached hydrogens (tertiary/aromatic N) is 1. The minimum atomic E-state index is 0.300. The monoisotopic (exact) mass is 188 g/mol. The molecule has 0 spiro atoms. The summed E-state index contributed by atoms with van der Waals surface area (Å²) in [5.41, 5.74) is 3.99. The van der Waals surface area contributed by atoms with Crippen LogP contribution in [0.3, 0.4) is 0 Å². The number of hydrogen-bond donors (Lipinski definition) is 2. The van der Waals surface area contributed by atoms with Gasteiger partial charge in [-0.2, -0.15) is 5.10 Å². The molecule has 72 valence electrons. The summed E-state index contributed by atoms with van der Waals surface area (Å²) in [6, 6.07) is 3.74. The van der Waals surface area contributed by atoms with Gasteiger partial charge in [-0.05, 0) is 37.1 Å². The molecule has 0 saturated heterocycles. The van der Waals surface area contributed by atoms with E-state index in [0.29, 0.717) is 5.75 Å². The van der Waals surface area contributed by atoms with Gasteiger partial charge in [0.2, 0.25) is 0 Å². The summed E-state index contributed by atoms with van der Waals surface area (Å²) < 4.78 is 0. The largest absolute Gasteiger partial charge is 0.507 e. The zero-order chi connectivity index (χ0) is 10.1. The summed E-state index contributed by atoms with van der Waals surface area (Å²) in [7, 11) is 0. The van der Waals surface area contributed by atoms with Gasteiger partial charge in [0, 0.05) is 17.3 Å². The maximum Gasteiger partial charge on any atom is 0.123 e. The normalized spacial score (nSPS) is 10.4. The van der Waals surface area contributed by atoms with Crippen molar-refractivity contribution in [2.24, 2.45) is 0 Å². The number of phenols is 1. The third-order valence-electron chi connectivity index (χ3n) is 2.42. The second-order valence-electron chi connectivity index (χ2n) is 3.44. The Bertz CT molecular complexity index is 447. The Kier molecular flexibility index (Phi) is 2.00. The zero-order valence-electron chi connectivity index (χ0n) is 8.20. The molecule has 0 unspecified atom stereocenters. The number of aromatic hydroxyl groups is 1. The molecule has 0 aliphatic carbocycles. The lowest BCUT2D eigenvalue weighted by Gasteiger charge is -2.06. The van der Waals surface area contributed by atoms with Gasteiger partial charge in [-0.3, -0.25) is 5.10 Å². The Morgan fingerprint density at radius 3 is 2.57 bits per heavy atom. The van der Waals surface area contributed by atoms with Gasteiger partial charge in [0.1, 0.15) is 5.75 Å². The van der Waals surface area contributed by atoms with Crippen molar-refractivity contribution in [2.75, 3.05) is 0 Å². The van der Waals surface area contributed by atoms with Crippen LogP contribution in [-0.4, -0.2) is 15.3 Å². The molecule has 3 heteroatoms. The number of benzene rings is 1. The number of phenolic OH excluding ortho intramolecular Hbond substituents is 1. The lowest BCUT2D eigenvalue weighted by molar-refractivity contribution is 0.476. The molecule has 3 nitrogen and oxygen atoms in total. The quantitative estimate of drug-likeness (QED) is 0.722. The number of hydrogen-bond acceptors (Lipinski definition) is 2. The van der Waals surface area contributed by atoms with E-state index in [1.165, 1.54) is 5.56 Å². The van der Waals surface area contributed by atoms with Gasteiger partial charge < -0.3 is 5.11 Å². The highest BCUT2D eigenvalue weighted by Gasteiger charge is 2.06. The van der Waals surface area contributed by atoms with Crippen molar-refractivity contribution in [2.45, 2.75) is 13.8 Å². The molecule has 2 N–H and O–H groups in total. The first kappa shape index (κ1) is 8.81. The molecule has 0 fully saturated rings. The average molecular weight is 188 g/mol. The van der Waals surface area contributed by atoms with Crippen molar-refractivity contribution in [3.63, 3.8) is 0 Å². The van der Waals surface area contributed by atoms with E-state index in [9.17, 15) is 5.11 Å². The fourth-order valence-corrected chi connectivity index (χ4v) is 1.43. The molecule has 0 aliphatic heterocycles. The first-order chi connectivity index (χ1) is 6.68. The van der Waals surface area contributed by atoms with Crippen LogP contribution in [0.2, 0.25) is 0 Å². The molecule has 0 atom stereocenters. The molecule has 14 heavy (non-hydrogen) atoms. The van der Waals surface area contributed by atoms with E-state index in [1.807, 2.05) is 19.9 Å².